The minimum atomic E-state index is 0.394. The van der Waals surface area contributed by atoms with Crippen molar-refractivity contribution in [1.82, 2.24) is 4.98 Å². The van der Waals surface area contributed by atoms with Gasteiger partial charge in [-0.15, -0.1) is 0 Å². The molecule has 5 rings (SSSR count). The lowest BCUT2D eigenvalue weighted by atomic mass is 9.97. The van der Waals surface area contributed by atoms with Gasteiger partial charge in [0, 0.05) is 56.1 Å². The van der Waals surface area contributed by atoms with Crippen LogP contribution in [0.15, 0.2) is 42.5 Å². The first-order valence-electron chi connectivity index (χ1n) is 12.5. The molecular formula is C28H34N2O4. The van der Waals surface area contributed by atoms with Gasteiger partial charge < -0.3 is 24.1 Å². The van der Waals surface area contributed by atoms with Crippen molar-refractivity contribution in [2.75, 3.05) is 37.9 Å². The first kappa shape index (κ1) is 23.1. The number of carbonyl (C=O) groups is 1. The molecule has 2 fully saturated rings. The maximum Gasteiger partial charge on any atom is 0.152 e. The summed E-state index contributed by atoms with van der Waals surface area (Å²) in [6.07, 6.45) is 4.99. The van der Waals surface area contributed by atoms with Gasteiger partial charge in [0.05, 0.1) is 23.5 Å². The monoisotopic (exact) mass is 462 g/mol. The summed E-state index contributed by atoms with van der Waals surface area (Å²) < 4.78 is 17.2. The van der Waals surface area contributed by atoms with Crippen LogP contribution >= 0.6 is 0 Å². The second kappa shape index (κ2) is 10.7. The number of rotatable bonds is 8. The smallest absolute Gasteiger partial charge is 0.152 e. The van der Waals surface area contributed by atoms with Gasteiger partial charge in [-0.25, -0.2) is 0 Å². The fraction of sp³-hybridized carbons (Fsp3) is 0.464. The predicted octanol–water partition coefficient (Wildman–Crippen LogP) is 5.35. The topological polar surface area (TPSA) is 63.8 Å². The highest BCUT2D eigenvalue weighted by atomic mass is 16.5. The number of benzene rings is 2. The Morgan fingerprint density at radius 3 is 2.24 bits per heavy atom. The summed E-state index contributed by atoms with van der Waals surface area (Å²) in [6, 6.07) is 15.3. The van der Waals surface area contributed by atoms with Gasteiger partial charge in [-0.1, -0.05) is 30.3 Å². The van der Waals surface area contributed by atoms with E-state index in [-0.39, 0.29) is 0 Å². The van der Waals surface area contributed by atoms with Crippen molar-refractivity contribution in [1.29, 1.82) is 0 Å². The molecule has 6 nitrogen and oxygen atoms in total. The molecule has 1 aromatic heterocycles. The molecule has 0 bridgehead atoms. The summed E-state index contributed by atoms with van der Waals surface area (Å²) >= 11 is 0. The zero-order valence-electron chi connectivity index (χ0n) is 19.9. The highest BCUT2D eigenvalue weighted by Crippen LogP contribution is 2.39. The fourth-order valence-electron chi connectivity index (χ4n) is 5.44. The molecule has 2 saturated heterocycles. The Hall–Kier alpha value is -2.67. The van der Waals surface area contributed by atoms with Gasteiger partial charge in [0.2, 0.25) is 0 Å². The summed E-state index contributed by atoms with van der Waals surface area (Å²) in [6.45, 7) is 6.32. The summed E-state index contributed by atoms with van der Waals surface area (Å²) in [5.74, 6) is 0. The third kappa shape index (κ3) is 4.63. The van der Waals surface area contributed by atoms with E-state index in [1.807, 2.05) is 37.3 Å². The molecule has 0 spiro atoms. The largest absolute Gasteiger partial charge is 0.381 e. The molecule has 1 N–H and O–H groups in total. The van der Waals surface area contributed by atoms with Crippen LogP contribution in [-0.4, -0.2) is 56.4 Å². The molecule has 6 heteroatoms. The van der Waals surface area contributed by atoms with E-state index in [1.165, 1.54) is 0 Å². The fourth-order valence-corrected chi connectivity index (χ4v) is 5.44. The van der Waals surface area contributed by atoms with Crippen molar-refractivity contribution >= 4 is 22.9 Å². The summed E-state index contributed by atoms with van der Waals surface area (Å²) in [5.41, 5.74) is 5.88. The molecule has 34 heavy (non-hydrogen) atoms. The molecule has 2 aliphatic rings. The number of hydrogen-bond acceptors (Lipinski definition) is 5. The molecule has 0 atom stereocenters. The summed E-state index contributed by atoms with van der Waals surface area (Å²) in [7, 11) is 0. The Bertz CT molecular complexity index is 1080. The number of aldehydes is 1. The van der Waals surface area contributed by atoms with E-state index in [4.69, 9.17) is 14.2 Å². The highest BCUT2D eigenvalue weighted by Gasteiger charge is 2.32. The molecule has 0 aliphatic carbocycles. The summed E-state index contributed by atoms with van der Waals surface area (Å²) in [5, 5.41) is 0.963. The lowest BCUT2D eigenvalue weighted by Gasteiger charge is -2.43. The molecule has 3 aromatic rings. The van der Waals surface area contributed by atoms with Crippen molar-refractivity contribution in [2.45, 2.75) is 51.3 Å². The van der Waals surface area contributed by atoms with Crippen LogP contribution in [0, 0.1) is 0 Å². The molecule has 0 unspecified atom stereocenters. The first-order chi connectivity index (χ1) is 16.8. The molecule has 3 heterocycles. The quantitative estimate of drug-likeness (QED) is 0.457. The average Bonchev–Trinajstić information content (AvgIpc) is 3.28. The number of hydrogen-bond donors (Lipinski definition) is 1. The zero-order valence-corrected chi connectivity index (χ0v) is 19.9. The third-order valence-corrected chi connectivity index (χ3v) is 7.09. The molecule has 2 aliphatic heterocycles. The van der Waals surface area contributed by atoms with Gasteiger partial charge >= 0.3 is 0 Å². The van der Waals surface area contributed by atoms with Crippen molar-refractivity contribution in [3.63, 3.8) is 0 Å². The van der Waals surface area contributed by atoms with Crippen molar-refractivity contribution < 1.29 is 19.0 Å². The average molecular weight is 463 g/mol. The Balaban J connectivity index is 1.70. The zero-order chi connectivity index (χ0) is 23.3. The summed E-state index contributed by atoms with van der Waals surface area (Å²) in [4.78, 5) is 18.7. The molecule has 2 aromatic carbocycles. The van der Waals surface area contributed by atoms with Crippen LogP contribution in [-0.2, 0) is 20.8 Å². The normalized spacial score (nSPS) is 17.8. The van der Waals surface area contributed by atoms with Crippen LogP contribution in [0.3, 0.4) is 0 Å². The van der Waals surface area contributed by atoms with Crippen LogP contribution in [0.2, 0.25) is 0 Å². The Morgan fingerprint density at radius 2 is 1.65 bits per heavy atom. The van der Waals surface area contributed by atoms with E-state index in [0.717, 1.165) is 91.8 Å². The number of nitrogens with zero attached hydrogens (tertiary/aromatic N) is 1. The lowest BCUT2D eigenvalue weighted by molar-refractivity contribution is 0.0642. The lowest BCUT2D eigenvalue weighted by Crippen LogP contribution is -2.48. The minimum absolute atomic E-state index is 0.394. The SMILES string of the molecule is CCOCc1cc(N(C2CCOCC2)C2CCOCC2)c2[nH]c(-c3ccccc3)c(C=O)c2c1. The van der Waals surface area contributed by atoms with Crippen LogP contribution in [0.5, 0.6) is 0 Å². The van der Waals surface area contributed by atoms with Crippen LogP contribution in [0.25, 0.3) is 22.2 Å². The Labute approximate surface area is 201 Å². The maximum absolute atomic E-state index is 12.4. The Morgan fingerprint density at radius 1 is 1.00 bits per heavy atom. The standard InChI is InChI=1S/C28H34N2O4/c1-2-32-19-20-16-24-25(18-31)27(21-6-4-3-5-7-21)29-28(24)26(17-20)30(22-8-12-33-13-9-22)23-10-14-34-15-11-23/h3-7,16-18,22-23,29H,2,8-15,19H2,1H3. The van der Waals surface area contributed by atoms with Gasteiger partial charge in [0.1, 0.15) is 0 Å². The van der Waals surface area contributed by atoms with Crippen LogP contribution in [0.1, 0.15) is 48.5 Å². The van der Waals surface area contributed by atoms with Gasteiger partial charge in [-0.05, 0) is 55.9 Å². The molecule has 180 valence electrons. The van der Waals surface area contributed by atoms with Gasteiger partial charge in [0.25, 0.3) is 0 Å². The first-order valence-corrected chi connectivity index (χ1v) is 12.5. The number of anilines is 1. The third-order valence-electron chi connectivity index (χ3n) is 7.09. The molecular weight excluding hydrogens is 428 g/mol. The van der Waals surface area contributed by atoms with E-state index in [9.17, 15) is 4.79 Å². The van der Waals surface area contributed by atoms with Crippen molar-refractivity contribution in [3.8, 4) is 11.3 Å². The second-order valence-electron chi connectivity index (χ2n) is 9.17. The Kier molecular flexibility index (Phi) is 7.28. The maximum atomic E-state index is 12.4. The van der Waals surface area contributed by atoms with Gasteiger partial charge in [-0.3, -0.25) is 4.79 Å². The van der Waals surface area contributed by atoms with Crippen molar-refractivity contribution in [2.24, 2.45) is 0 Å². The van der Waals surface area contributed by atoms with Gasteiger partial charge in [0.15, 0.2) is 6.29 Å². The number of carbonyl (C=O) groups excluding carboxylic acids is 1. The second-order valence-corrected chi connectivity index (χ2v) is 9.17. The number of fused-ring (bicyclic) bond motifs is 1. The number of nitrogens with one attached hydrogen (secondary N) is 1. The van der Waals surface area contributed by atoms with E-state index in [0.29, 0.717) is 30.9 Å². The number of aromatic nitrogens is 1. The predicted molar refractivity (Wildman–Crippen MR) is 135 cm³/mol. The number of aromatic amines is 1. The molecule has 0 radical (unpaired) electrons. The minimum Gasteiger partial charge on any atom is -0.381 e. The number of ether oxygens (including phenoxy) is 3. The molecule has 0 amide bonds. The van der Waals surface area contributed by atoms with Crippen molar-refractivity contribution in [3.05, 3.63) is 53.6 Å². The van der Waals surface area contributed by atoms with Crippen LogP contribution in [0.4, 0.5) is 5.69 Å². The van der Waals surface area contributed by atoms with E-state index < -0.39 is 0 Å². The van der Waals surface area contributed by atoms with E-state index in [2.05, 4.69) is 22.0 Å². The number of H-pyrrole nitrogens is 1. The van der Waals surface area contributed by atoms with E-state index >= 15 is 0 Å². The highest BCUT2D eigenvalue weighted by molar-refractivity contribution is 6.08. The van der Waals surface area contributed by atoms with Gasteiger partial charge in [-0.2, -0.15) is 0 Å². The van der Waals surface area contributed by atoms with Crippen LogP contribution < -0.4 is 4.90 Å². The van der Waals surface area contributed by atoms with E-state index in [1.54, 1.807) is 0 Å². The molecule has 0 saturated carbocycles.